The summed E-state index contributed by atoms with van der Waals surface area (Å²) in [7, 11) is 1.10. The average molecular weight is 237 g/mol. The second-order valence-electron chi connectivity index (χ2n) is 2.51. The molecule has 76 valence electrons. The fourth-order valence-corrected chi connectivity index (χ4v) is 2.01. The largest absolute Gasteiger partial charge is 0.287 e. The van der Waals surface area contributed by atoms with E-state index in [4.69, 9.17) is 10.7 Å². The van der Waals surface area contributed by atoms with Crippen molar-refractivity contribution < 1.29 is 13.3 Å². The van der Waals surface area contributed by atoms with Crippen molar-refractivity contribution >= 4 is 25.4 Å². The topological polar surface area (TPSA) is 90.2 Å². The summed E-state index contributed by atoms with van der Waals surface area (Å²) in [5.74, 6) is 0. The molecule has 14 heavy (non-hydrogen) atoms. The van der Waals surface area contributed by atoms with Crippen molar-refractivity contribution in [2.45, 2.75) is 11.9 Å². The Morgan fingerprint density at radius 1 is 1.57 bits per heavy atom. The first kappa shape index (κ1) is 10.9. The van der Waals surface area contributed by atoms with Crippen LogP contribution in [0, 0.1) is 17.0 Å². The fourth-order valence-electron chi connectivity index (χ4n) is 0.903. The van der Waals surface area contributed by atoms with E-state index in [1.165, 1.54) is 6.92 Å². The summed E-state index contributed by atoms with van der Waals surface area (Å²) in [6, 6.07) is 1.10. The van der Waals surface area contributed by atoms with Gasteiger partial charge in [0.2, 0.25) is 0 Å². The molecule has 1 aromatic rings. The normalized spacial score (nSPS) is 11.3. The van der Waals surface area contributed by atoms with Gasteiger partial charge in [0.25, 0.3) is 14.7 Å². The maximum absolute atomic E-state index is 10.9. The molecule has 0 aromatic carbocycles. The molecule has 1 rings (SSSR count). The second kappa shape index (κ2) is 3.50. The number of halogens is 1. The molecule has 1 heterocycles. The summed E-state index contributed by atoms with van der Waals surface area (Å²) >= 11 is 0. The molecule has 0 aliphatic rings. The van der Waals surface area contributed by atoms with Crippen LogP contribution >= 0.6 is 10.7 Å². The lowest BCUT2D eigenvalue weighted by molar-refractivity contribution is -0.385. The van der Waals surface area contributed by atoms with Crippen molar-refractivity contribution in [3.05, 3.63) is 27.9 Å². The van der Waals surface area contributed by atoms with Crippen molar-refractivity contribution in [2.75, 3.05) is 0 Å². The maximum atomic E-state index is 10.9. The molecule has 0 fully saturated rings. The van der Waals surface area contributed by atoms with Crippen LogP contribution in [-0.2, 0) is 9.05 Å². The smallest absolute Gasteiger partial charge is 0.258 e. The predicted octanol–water partition coefficient (Wildman–Crippen LogP) is 1.23. The van der Waals surface area contributed by atoms with E-state index in [9.17, 15) is 18.5 Å². The van der Waals surface area contributed by atoms with Crippen LogP contribution < -0.4 is 0 Å². The lowest BCUT2D eigenvalue weighted by Crippen LogP contribution is -2.00. The predicted molar refractivity (Wildman–Crippen MR) is 48.7 cm³/mol. The van der Waals surface area contributed by atoms with Crippen molar-refractivity contribution in [3.8, 4) is 0 Å². The lowest BCUT2D eigenvalue weighted by Gasteiger charge is -1.99. The highest BCUT2D eigenvalue weighted by Gasteiger charge is 2.18. The monoisotopic (exact) mass is 236 g/mol. The SMILES string of the molecule is Cc1cc([N+](=O)[O-])cnc1S(=O)(=O)Cl. The third-order valence-corrected chi connectivity index (χ3v) is 2.79. The van der Waals surface area contributed by atoms with E-state index >= 15 is 0 Å². The Morgan fingerprint density at radius 2 is 2.14 bits per heavy atom. The molecule has 0 radical (unpaired) electrons. The molecule has 8 heteroatoms. The second-order valence-corrected chi connectivity index (χ2v) is 4.99. The molecule has 0 spiro atoms. The average Bonchev–Trinajstić information content (AvgIpc) is 2.01. The number of hydrogen-bond acceptors (Lipinski definition) is 5. The van der Waals surface area contributed by atoms with Gasteiger partial charge in [0.05, 0.1) is 4.92 Å². The van der Waals surface area contributed by atoms with E-state index in [1.807, 2.05) is 0 Å². The molecule has 0 aliphatic heterocycles. The Hall–Kier alpha value is -1.21. The zero-order valence-electron chi connectivity index (χ0n) is 6.97. The molecule has 0 bridgehead atoms. The van der Waals surface area contributed by atoms with Crippen LogP contribution in [0.4, 0.5) is 5.69 Å². The van der Waals surface area contributed by atoms with Gasteiger partial charge < -0.3 is 0 Å². The molecule has 1 aromatic heterocycles. The number of pyridine rings is 1. The maximum Gasteiger partial charge on any atom is 0.287 e. The van der Waals surface area contributed by atoms with E-state index in [2.05, 4.69) is 4.98 Å². The van der Waals surface area contributed by atoms with Gasteiger partial charge in [-0.3, -0.25) is 10.1 Å². The third-order valence-electron chi connectivity index (χ3n) is 1.46. The molecule has 0 atom stereocenters. The van der Waals surface area contributed by atoms with E-state index in [1.54, 1.807) is 0 Å². The summed E-state index contributed by atoms with van der Waals surface area (Å²) in [6.07, 6.45) is 0.849. The van der Waals surface area contributed by atoms with Crippen LogP contribution in [0.1, 0.15) is 5.56 Å². The first-order valence-corrected chi connectivity index (χ1v) is 5.69. The van der Waals surface area contributed by atoms with Gasteiger partial charge in [0, 0.05) is 16.7 Å². The Kier molecular flexibility index (Phi) is 2.72. The number of rotatable bonds is 2. The molecule has 6 nitrogen and oxygen atoms in total. The van der Waals surface area contributed by atoms with Gasteiger partial charge >= 0.3 is 0 Å². The summed E-state index contributed by atoms with van der Waals surface area (Å²) in [6.45, 7) is 1.38. The minimum absolute atomic E-state index is 0.147. The standard InChI is InChI=1S/C6H5ClN2O4S/c1-4-2-5(9(10)11)3-8-6(4)14(7,12)13/h2-3H,1H3. The van der Waals surface area contributed by atoms with Crippen LogP contribution in [0.3, 0.4) is 0 Å². The zero-order valence-corrected chi connectivity index (χ0v) is 8.54. The van der Waals surface area contributed by atoms with Gasteiger partial charge in [-0.05, 0) is 12.5 Å². The third kappa shape index (κ3) is 2.18. The Morgan fingerprint density at radius 3 is 2.50 bits per heavy atom. The highest BCUT2D eigenvalue weighted by molar-refractivity contribution is 8.13. The van der Waals surface area contributed by atoms with Crippen LogP contribution in [-0.4, -0.2) is 18.3 Å². The number of hydrogen-bond donors (Lipinski definition) is 0. The molecule has 0 N–H and O–H groups in total. The van der Waals surface area contributed by atoms with Crippen LogP contribution in [0.5, 0.6) is 0 Å². The first-order chi connectivity index (χ1) is 6.32. The molecule has 0 unspecified atom stereocenters. The highest BCUT2D eigenvalue weighted by atomic mass is 35.7. The highest BCUT2D eigenvalue weighted by Crippen LogP contribution is 2.20. The summed E-state index contributed by atoms with van der Waals surface area (Å²) in [4.78, 5) is 13.0. The lowest BCUT2D eigenvalue weighted by atomic mass is 10.3. The number of nitrogens with zero attached hydrogens (tertiary/aromatic N) is 2. The van der Waals surface area contributed by atoms with Crippen LogP contribution in [0.2, 0.25) is 0 Å². The minimum Gasteiger partial charge on any atom is -0.258 e. The molecular weight excluding hydrogens is 232 g/mol. The van der Waals surface area contributed by atoms with Crippen LogP contribution in [0.15, 0.2) is 17.3 Å². The van der Waals surface area contributed by atoms with Gasteiger partial charge in [-0.15, -0.1) is 0 Å². The van der Waals surface area contributed by atoms with Crippen molar-refractivity contribution in [2.24, 2.45) is 0 Å². The van der Waals surface area contributed by atoms with E-state index in [0.717, 1.165) is 12.3 Å². The van der Waals surface area contributed by atoms with E-state index in [0.29, 0.717) is 0 Å². The van der Waals surface area contributed by atoms with Crippen molar-refractivity contribution in [1.29, 1.82) is 0 Å². The quantitative estimate of drug-likeness (QED) is 0.438. The summed E-state index contributed by atoms with van der Waals surface area (Å²) < 4.78 is 21.7. The van der Waals surface area contributed by atoms with E-state index in [-0.39, 0.29) is 16.3 Å². The van der Waals surface area contributed by atoms with Gasteiger partial charge in [-0.25, -0.2) is 13.4 Å². The number of nitro groups is 1. The Labute approximate surface area is 84.1 Å². The van der Waals surface area contributed by atoms with Crippen molar-refractivity contribution in [3.63, 3.8) is 0 Å². The van der Waals surface area contributed by atoms with Gasteiger partial charge in [-0.2, -0.15) is 0 Å². The molecule has 0 amide bonds. The van der Waals surface area contributed by atoms with Crippen molar-refractivity contribution in [1.82, 2.24) is 4.98 Å². The number of aromatic nitrogens is 1. The van der Waals surface area contributed by atoms with Gasteiger partial charge in [-0.1, -0.05) is 0 Å². The molecule has 0 saturated carbocycles. The molecule has 0 saturated heterocycles. The number of aryl methyl sites for hydroxylation is 1. The molecule has 0 aliphatic carbocycles. The van der Waals surface area contributed by atoms with E-state index < -0.39 is 14.0 Å². The fraction of sp³-hybridized carbons (Fsp3) is 0.167. The Bertz CT molecular complexity index is 485. The first-order valence-electron chi connectivity index (χ1n) is 3.38. The van der Waals surface area contributed by atoms with Crippen LogP contribution in [0.25, 0.3) is 0 Å². The molecular formula is C6H5ClN2O4S. The zero-order chi connectivity index (χ0) is 10.9. The van der Waals surface area contributed by atoms with Gasteiger partial charge in [0.1, 0.15) is 6.20 Å². The summed E-state index contributed by atoms with van der Waals surface area (Å²) in [5.41, 5.74) is -0.124. The Balaban J connectivity index is 3.35. The minimum atomic E-state index is -3.94. The summed E-state index contributed by atoms with van der Waals surface area (Å²) in [5, 5.41) is 9.94. The van der Waals surface area contributed by atoms with Gasteiger partial charge in [0.15, 0.2) is 5.03 Å².